The highest BCUT2D eigenvalue weighted by Crippen LogP contribution is 2.33. The van der Waals surface area contributed by atoms with Crippen molar-refractivity contribution in [3.8, 4) is 17.1 Å². The summed E-state index contributed by atoms with van der Waals surface area (Å²) in [5.41, 5.74) is 2.70. The van der Waals surface area contributed by atoms with Gasteiger partial charge in [-0.2, -0.15) is 0 Å². The van der Waals surface area contributed by atoms with Crippen LogP contribution in [0.4, 0.5) is 5.82 Å². The average molecular weight is 436 g/mol. The fourth-order valence-electron chi connectivity index (χ4n) is 4.89. The van der Waals surface area contributed by atoms with Gasteiger partial charge in [-0.3, -0.25) is 4.79 Å². The summed E-state index contributed by atoms with van der Waals surface area (Å²) >= 11 is 0. The lowest BCUT2D eigenvalue weighted by Gasteiger charge is -2.27. The number of amides is 1. The summed E-state index contributed by atoms with van der Waals surface area (Å²) in [6.45, 7) is 5.61. The number of imidazole rings is 1. The molecule has 2 aliphatic rings. The van der Waals surface area contributed by atoms with Crippen LogP contribution in [0.2, 0.25) is 0 Å². The van der Waals surface area contributed by atoms with E-state index in [1.165, 1.54) is 12.8 Å². The summed E-state index contributed by atoms with van der Waals surface area (Å²) in [5.74, 6) is 2.49. The number of hydrogen-bond donors (Lipinski definition) is 1. The summed E-state index contributed by atoms with van der Waals surface area (Å²) < 4.78 is 13.5. The average Bonchev–Trinajstić information content (AvgIpc) is 3.35. The van der Waals surface area contributed by atoms with Crippen molar-refractivity contribution in [2.75, 3.05) is 25.2 Å². The minimum Gasteiger partial charge on any atom is -0.494 e. The number of anilines is 1. The SMILES string of the molecule is COc1cccc2nc(-c3ccc(N4[C@@H](C)CC[C@@H]4C)nc3)n(C[C@H]3CNC(=O)CO3)c12. The van der Waals surface area contributed by atoms with Crippen molar-refractivity contribution in [2.45, 2.75) is 51.4 Å². The molecule has 0 radical (unpaired) electrons. The first-order chi connectivity index (χ1) is 15.5. The largest absolute Gasteiger partial charge is 0.494 e. The van der Waals surface area contributed by atoms with Gasteiger partial charge >= 0.3 is 0 Å². The molecule has 3 atom stereocenters. The summed E-state index contributed by atoms with van der Waals surface area (Å²) in [4.78, 5) is 23.6. The van der Waals surface area contributed by atoms with E-state index in [1.54, 1.807) is 7.11 Å². The standard InChI is InChI=1S/C24H29N5O3/c1-15-7-8-16(2)29(15)21-10-9-17(11-25-21)24-27-19-5-4-6-20(31-3)23(19)28(24)13-18-12-26-22(30)14-32-18/h4-6,9-11,15-16,18H,7-8,12-14H2,1-3H3,(H,26,30)/t15-,16-,18+/m0/s1. The van der Waals surface area contributed by atoms with E-state index in [0.29, 0.717) is 25.2 Å². The van der Waals surface area contributed by atoms with Crippen LogP contribution in [0.25, 0.3) is 22.4 Å². The Labute approximate surface area is 187 Å². The Balaban J connectivity index is 1.53. The van der Waals surface area contributed by atoms with Gasteiger partial charge in [-0.1, -0.05) is 6.07 Å². The first-order valence-electron chi connectivity index (χ1n) is 11.2. The van der Waals surface area contributed by atoms with E-state index in [0.717, 1.165) is 34.0 Å². The molecule has 1 N–H and O–H groups in total. The molecule has 2 aromatic heterocycles. The van der Waals surface area contributed by atoms with Crippen molar-refractivity contribution in [2.24, 2.45) is 0 Å². The van der Waals surface area contributed by atoms with Crippen molar-refractivity contribution < 1.29 is 14.3 Å². The van der Waals surface area contributed by atoms with Gasteiger partial charge < -0.3 is 24.3 Å². The smallest absolute Gasteiger partial charge is 0.246 e. The van der Waals surface area contributed by atoms with Crippen LogP contribution in [0, 0.1) is 0 Å². The van der Waals surface area contributed by atoms with Crippen LogP contribution in [0.15, 0.2) is 36.5 Å². The second-order valence-corrected chi connectivity index (χ2v) is 8.70. The number of carbonyl (C=O) groups excluding carboxylic acids is 1. The number of aromatic nitrogens is 3. The number of benzene rings is 1. The first kappa shape index (κ1) is 20.8. The molecular formula is C24H29N5O3. The Morgan fingerprint density at radius 3 is 2.66 bits per heavy atom. The number of pyridine rings is 1. The summed E-state index contributed by atoms with van der Waals surface area (Å²) in [7, 11) is 1.66. The van der Waals surface area contributed by atoms with Crippen molar-refractivity contribution in [3.63, 3.8) is 0 Å². The van der Waals surface area contributed by atoms with E-state index < -0.39 is 0 Å². The maximum absolute atomic E-state index is 11.5. The summed E-state index contributed by atoms with van der Waals surface area (Å²) in [6, 6.07) is 11.0. The molecule has 3 aromatic rings. The van der Waals surface area contributed by atoms with Gasteiger partial charge in [0.15, 0.2) is 0 Å². The zero-order chi connectivity index (χ0) is 22.2. The molecule has 1 aromatic carbocycles. The third-order valence-corrected chi connectivity index (χ3v) is 6.54. The lowest BCUT2D eigenvalue weighted by molar-refractivity contribution is -0.133. The van der Waals surface area contributed by atoms with Crippen LogP contribution in [0.1, 0.15) is 26.7 Å². The zero-order valence-corrected chi connectivity index (χ0v) is 18.7. The molecule has 2 aliphatic heterocycles. The first-order valence-corrected chi connectivity index (χ1v) is 11.2. The van der Waals surface area contributed by atoms with E-state index in [4.69, 9.17) is 19.4 Å². The highest BCUT2D eigenvalue weighted by molar-refractivity contribution is 5.86. The van der Waals surface area contributed by atoms with E-state index in [2.05, 4.69) is 40.8 Å². The number of hydrogen-bond acceptors (Lipinski definition) is 6. The van der Waals surface area contributed by atoms with E-state index in [-0.39, 0.29) is 18.6 Å². The van der Waals surface area contributed by atoms with Crippen molar-refractivity contribution >= 4 is 22.8 Å². The molecular weight excluding hydrogens is 406 g/mol. The third kappa shape index (κ3) is 3.68. The molecule has 8 heteroatoms. The molecule has 8 nitrogen and oxygen atoms in total. The van der Waals surface area contributed by atoms with E-state index in [9.17, 15) is 4.79 Å². The Bertz CT molecular complexity index is 1110. The normalized spacial score (nSPS) is 23.5. The third-order valence-electron chi connectivity index (χ3n) is 6.54. The van der Waals surface area contributed by atoms with Gasteiger partial charge in [0.1, 0.15) is 29.5 Å². The number of methoxy groups -OCH3 is 1. The molecule has 0 aliphatic carbocycles. The summed E-state index contributed by atoms with van der Waals surface area (Å²) in [6.07, 6.45) is 4.14. The molecule has 0 unspecified atom stereocenters. The predicted molar refractivity (Wildman–Crippen MR) is 123 cm³/mol. The van der Waals surface area contributed by atoms with Crippen LogP contribution < -0.4 is 15.0 Å². The Morgan fingerprint density at radius 1 is 1.19 bits per heavy atom. The number of para-hydroxylation sites is 1. The van der Waals surface area contributed by atoms with Crippen molar-refractivity contribution in [1.82, 2.24) is 19.9 Å². The lowest BCUT2D eigenvalue weighted by atomic mass is 10.2. The number of morpholine rings is 1. The number of ether oxygens (including phenoxy) is 2. The molecule has 0 spiro atoms. The molecule has 5 rings (SSSR count). The topological polar surface area (TPSA) is 81.5 Å². The van der Waals surface area contributed by atoms with Gasteiger partial charge in [0.2, 0.25) is 5.91 Å². The van der Waals surface area contributed by atoms with Gasteiger partial charge in [0.05, 0.1) is 25.3 Å². The van der Waals surface area contributed by atoms with Gasteiger partial charge in [-0.05, 0) is 51.0 Å². The second-order valence-electron chi connectivity index (χ2n) is 8.70. The lowest BCUT2D eigenvalue weighted by Crippen LogP contribution is -2.44. The van der Waals surface area contributed by atoms with Crippen LogP contribution >= 0.6 is 0 Å². The highest BCUT2D eigenvalue weighted by atomic mass is 16.5. The number of nitrogens with one attached hydrogen (secondary N) is 1. The van der Waals surface area contributed by atoms with E-state index >= 15 is 0 Å². The van der Waals surface area contributed by atoms with E-state index in [1.807, 2.05) is 24.4 Å². The Kier molecular flexibility index (Phi) is 5.46. The fraction of sp³-hybridized carbons (Fsp3) is 0.458. The zero-order valence-electron chi connectivity index (χ0n) is 18.7. The fourth-order valence-corrected chi connectivity index (χ4v) is 4.89. The van der Waals surface area contributed by atoms with Crippen LogP contribution in [0.5, 0.6) is 5.75 Å². The number of nitrogens with zero attached hydrogens (tertiary/aromatic N) is 4. The highest BCUT2D eigenvalue weighted by Gasteiger charge is 2.28. The van der Waals surface area contributed by atoms with Crippen LogP contribution in [-0.2, 0) is 16.1 Å². The minimum absolute atomic E-state index is 0.0756. The molecule has 0 saturated carbocycles. The Morgan fingerprint density at radius 2 is 2.00 bits per heavy atom. The molecule has 32 heavy (non-hydrogen) atoms. The van der Waals surface area contributed by atoms with Gasteiger partial charge in [0.25, 0.3) is 0 Å². The van der Waals surface area contributed by atoms with Crippen LogP contribution in [-0.4, -0.2) is 58.9 Å². The predicted octanol–water partition coefficient (Wildman–Crippen LogP) is 3.00. The van der Waals surface area contributed by atoms with Crippen molar-refractivity contribution in [3.05, 3.63) is 36.5 Å². The second kappa shape index (κ2) is 8.43. The number of fused-ring (bicyclic) bond motifs is 1. The van der Waals surface area contributed by atoms with Crippen LogP contribution in [0.3, 0.4) is 0 Å². The molecule has 4 heterocycles. The van der Waals surface area contributed by atoms with Gasteiger partial charge in [-0.25, -0.2) is 9.97 Å². The molecule has 1 amide bonds. The molecule has 2 saturated heterocycles. The van der Waals surface area contributed by atoms with Crippen molar-refractivity contribution in [1.29, 1.82) is 0 Å². The monoisotopic (exact) mass is 435 g/mol. The maximum Gasteiger partial charge on any atom is 0.246 e. The van der Waals surface area contributed by atoms with Gasteiger partial charge in [0, 0.05) is 30.4 Å². The quantitative estimate of drug-likeness (QED) is 0.664. The number of rotatable bonds is 5. The van der Waals surface area contributed by atoms with Gasteiger partial charge in [-0.15, -0.1) is 0 Å². The minimum atomic E-state index is -0.146. The summed E-state index contributed by atoms with van der Waals surface area (Å²) in [5, 5.41) is 2.88. The molecule has 0 bridgehead atoms. The molecule has 2 fully saturated rings. The number of carbonyl (C=O) groups is 1. The molecule has 168 valence electrons. The maximum atomic E-state index is 11.5. The Hall–Kier alpha value is -3.13.